The Labute approximate surface area is 147 Å². The highest BCUT2D eigenvalue weighted by atomic mass is 19.4. The van der Waals surface area contributed by atoms with Gasteiger partial charge >= 0.3 is 6.18 Å². The van der Waals surface area contributed by atoms with E-state index in [9.17, 15) is 22.8 Å². The Morgan fingerprint density at radius 1 is 1.31 bits per heavy atom. The minimum Gasteiger partial charge on any atom is -0.344 e. The lowest BCUT2D eigenvalue weighted by Gasteiger charge is -2.13. The van der Waals surface area contributed by atoms with Crippen LogP contribution < -0.4 is 5.32 Å². The van der Waals surface area contributed by atoms with E-state index < -0.39 is 23.8 Å². The molecule has 2 aromatic rings. The van der Waals surface area contributed by atoms with E-state index in [4.69, 9.17) is 0 Å². The first-order valence-corrected chi connectivity index (χ1v) is 7.97. The molecule has 0 unspecified atom stereocenters. The van der Waals surface area contributed by atoms with Gasteiger partial charge in [-0.15, -0.1) is 0 Å². The zero-order chi connectivity index (χ0) is 19.1. The van der Waals surface area contributed by atoms with Crippen molar-refractivity contribution in [2.45, 2.75) is 25.6 Å². The van der Waals surface area contributed by atoms with Gasteiger partial charge in [-0.25, -0.2) is 0 Å². The van der Waals surface area contributed by atoms with Crippen molar-refractivity contribution < 1.29 is 22.8 Å². The molecule has 1 aromatic heterocycles. The number of carbonyl (C=O) groups is 2. The van der Waals surface area contributed by atoms with Crippen LogP contribution in [0.4, 0.5) is 13.2 Å². The fraction of sp³-hybridized carbons (Fsp3) is 0.353. The molecule has 2 heterocycles. The van der Waals surface area contributed by atoms with Gasteiger partial charge in [-0.1, -0.05) is 12.1 Å². The van der Waals surface area contributed by atoms with E-state index in [0.29, 0.717) is 18.5 Å². The SMILES string of the molecule is Cc1[nH]nc(C(F)(F)F)c1-c1ccc(C(=O)N[C@@H]2CCN(C)C2=O)cc1. The number of rotatable bonds is 3. The van der Waals surface area contributed by atoms with Gasteiger partial charge < -0.3 is 10.2 Å². The molecular weight excluding hydrogens is 349 g/mol. The number of halogens is 3. The monoisotopic (exact) mass is 366 g/mol. The minimum absolute atomic E-state index is 0.0444. The Hall–Kier alpha value is -2.84. The maximum absolute atomic E-state index is 13.1. The number of aromatic nitrogens is 2. The molecule has 1 saturated heterocycles. The Morgan fingerprint density at radius 3 is 2.50 bits per heavy atom. The molecule has 6 nitrogen and oxygen atoms in total. The number of carbonyl (C=O) groups excluding carboxylic acids is 2. The third kappa shape index (κ3) is 3.29. The number of aryl methyl sites for hydroxylation is 1. The second kappa shape index (κ2) is 6.47. The van der Waals surface area contributed by atoms with Crippen LogP contribution in [-0.4, -0.2) is 46.5 Å². The normalized spacial score (nSPS) is 17.7. The van der Waals surface area contributed by atoms with Crippen molar-refractivity contribution in [2.75, 3.05) is 13.6 Å². The third-order valence-corrected chi connectivity index (χ3v) is 4.38. The summed E-state index contributed by atoms with van der Waals surface area (Å²) < 4.78 is 39.2. The molecule has 0 bridgehead atoms. The van der Waals surface area contributed by atoms with Crippen LogP contribution in [-0.2, 0) is 11.0 Å². The lowest BCUT2D eigenvalue weighted by Crippen LogP contribution is -2.40. The molecule has 1 fully saturated rings. The van der Waals surface area contributed by atoms with Crippen molar-refractivity contribution in [3.05, 3.63) is 41.2 Å². The molecule has 3 rings (SSSR count). The molecular formula is C17H17F3N4O2. The number of H-pyrrole nitrogens is 1. The van der Waals surface area contributed by atoms with Gasteiger partial charge in [-0.2, -0.15) is 18.3 Å². The zero-order valence-corrected chi connectivity index (χ0v) is 14.1. The molecule has 26 heavy (non-hydrogen) atoms. The van der Waals surface area contributed by atoms with Crippen molar-refractivity contribution >= 4 is 11.8 Å². The highest BCUT2D eigenvalue weighted by Gasteiger charge is 2.38. The maximum atomic E-state index is 13.1. The van der Waals surface area contributed by atoms with Crippen LogP contribution in [0.15, 0.2) is 24.3 Å². The van der Waals surface area contributed by atoms with E-state index in [1.165, 1.54) is 36.1 Å². The molecule has 2 amide bonds. The Morgan fingerprint density at radius 2 is 1.96 bits per heavy atom. The number of aromatic amines is 1. The van der Waals surface area contributed by atoms with Gasteiger partial charge in [0.05, 0.1) is 0 Å². The van der Waals surface area contributed by atoms with Crippen LogP contribution in [0.5, 0.6) is 0 Å². The summed E-state index contributed by atoms with van der Waals surface area (Å²) >= 11 is 0. The maximum Gasteiger partial charge on any atom is 0.435 e. The smallest absolute Gasteiger partial charge is 0.344 e. The van der Waals surface area contributed by atoms with Gasteiger partial charge in [-0.3, -0.25) is 14.7 Å². The number of hydrogen-bond acceptors (Lipinski definition) is 3. The van der Waals surface area contributed by atoms with Crippen LogP contribution in [0.3, 0.4) is 0 Å². The summed E-state index contributed by atoms with van der Waals surface area (Å²) in [6, 6.07) is 5.16. The summed E-state index contributed by atoms with van der Waals surface area (Å²) in [4.78, 5) is 25.6. The van der Waals surface area contributed by atoms with Crippen LogP contribution in [0.2, 0.25) is 0 Å². The molecule has 9 heteroatoms. The molecule has 0 saturated carbocycles. The molecule has 2 N–H and O–H groups in total. The predicted molar refractivity (Wildman–Crippen MR) is 87.3 cm³/mol. The number of hydrogen-bond donors (Lipinski definition) is 2. The van der Waals surface area contributed by atoms with Crippen molar-refractivity contribution in [3.8, 4) is 11.1 Å². The van der Waals surface area contributed by atoms with E-state index in [1.54, 1.807) is 7.05 Å². The minimum atomic E-state index is -4.58. The van der Waals surface area contributed by atoms with Crippen molar-refractivity contribution in [1.29, 1.82) is 0 Å². The van der Waals surface area contributed by atoms with Gasteiger partial charge in [0.2, 0.25) is 5.91 Å². The summed E-state index contributed by atoms with van der Waals surface area (Å²) in [5, 5.41) is 8.33. The van der Waals surface area contributed by atoms with Crippen LogP contribution in [0.1, 0.15) is 28.2 Å². The molecule has 1 aliphatic heterocycles. The van der Waals surface area contributed by atoms with Gasteiger partial charge in [0.1, 0.15) is 6.04 Å². The van der Waals surface area contributed by atoms with Gasteiger partial charge in [0, 0.05) is 30.4 Å². The number of likely N-dealkylation sites (N-methyl/N-ethyl adjacent to an activating group) is 1. The Balaban J connectivity index is 1.80. The van der Waals surface area contributed by atoms with Crippen molar-refractivity contribution in [1.82, 2.24) is 20.4 Å². The molecule has 1 aliphatic rings. The molecule has 0 radical (unpaired) electrons. The summed E-state index contributed by atoms with van der Waals surface area (Å²) in [5.41, 5.74) is -0.180. The molecule has 138 valence electrons. The second-order valence-corrected chi connectivity index (χ2v) is 6.22. The standard InChI is InChI=1S/C17H17F3N4O2/c1-9-13(14(23-22-9)17(18,19)20)10-3-5-11(6-4-10)15(25)21-12-7-8-24(2)16(12)26/h3-6,12H,7-8H2,1-2H3,(H,21,25)(H,22,23)/t12-/m1/s1. The topological polar surface area (TPSA) is 78.1 Å². The lowest BCUT2D eigenvalue weighted by molar-refractivity contribution is -0.140. The van der Waals surface area contributed by atoms with E-state index in [-0.39, 0.29) is 22.7 Å². The zero-order valence-electron chi connectivity index (χ0n) is 14.1. The second-order valence-electron chi connectivity index (χ2n) is 6.22. The third-order valence-electron chi connectivity index (χ3n) is 4.38. The Bertz CT molecular complexity index is 843. The first-order valence-electron chi connectivity index (χ1n) is 7.97. The summed E-state index contributed by atoms with van der Waals surface area (Å²) in [5.74, 6) is -0.594. The molecule has 1 aromatic carbocycles. The fourth-order valence-corrected chi connectivity index (χ4v) is 2.97. The van der Waals surface area contributed by atoms with Crippen molar-refractivity contribution in [2.24, 2.45) is 0 Å². The van der Waals surface area contributed by atoms with Crippen LogP contribution in [0, 0.1) is 6.92 Å². The average molecular weight is 366 g/mol. The van der Waals surface area contributed by atoms with Gasteiger partial charge in [0.15, 0.2) is 5.69 Å². The summed E-state index contributed by atoms with van der Waals surface area (Å²) in [6.07, 6.45) is -4.05. The number of alkyl halides is 3. The summed E-state index contributed by atoms with van der Waals surface area (Å²) in [7, 11) is 1.66. The van der Waals surface area contributed by atoms with Crippen LogP contribution >= 0.6 is 0 Å². The first-order chi connectivity index (χ1) is 12.2. The highest BCUT2D eigenvalue weighted by molar-refractivity contribution is 5.98. The van der Waals surface area contributed by atoms with E-state index >= 15 is 0 Å². The number of likely N-dealkylation sites (tertiary alicyclic amines) is 1. The largest absolute Gasteiger partial charge is 0.435 e. The highest BCUT2D eigenvalue weighted by Crippen LogP contribution is 2.37. The lowest BCUT2D eigenvalue weighted by atomic mass is 10.0. The summed E-state index contributed by atoms with van der Waals surface area (Å²) in [6.45, 7) is 2.07. The quantitative estimate of drug-likeness (QED) is 0.875. The van der Waals surface area contributed by atoms with Gasteiger partial charge in [-0.05, 0) is 31.0 Å². The molecule has 0 aliphatic carbocycles. The van der Waals surface area contributed by atoms with E-state index in [1.807, 2.05) is 0 Å². The van der Waals surface area contributed by atoms with Gasteiger partial charge in [0.25, 0.3) is 5.91 Å². The Kier molecular flexibility index (Phi) is 4.47. The van der Waals surface area contributed by atoms with E-state index in [0.717, 1.165) is 0 Å². The van der Waals surface area contributed by atoms with E-state index in [2.05, 4.69) is 15.5 Å². The fourth-order valence-electron chi connectivity index (χ4n) is 2.97. The number of nitrogens with zero attached hydrogens (tertiary/aromatic N) is 2. The number of amides is 2. The average Bonchev–Trinajstić information content (AvgIpc) is 3.12. The number of nitrogens with one attached hydrogen (secondary N) is 2. The first kappa shape index (κ1) is 18.0. The molecule has 0 spiro atoms. The molecule has 1 atom stereocenters. The predicted octanol–water partition coefficient (Wildman–Crippen LogP) is 2.36. The van der Waals surface area contributed by atoms with Crippen LogP contribution in [0.25, 0.3) is 11.1 Å². The van der Waals surface area contributed by atoms with Crippen molar-refractivity contribution in [3.63, 3.8) is 0 Å². The number of benzene rings is 1.